The number of amides is 1. The Labute approximate surface area is 163 Å². The maximum atomic E-state index is 13.2. The lowest BCUT2D eigenvalue weighted by molar-refractivity contribution is -0.157. The number of hydrogen-bond donors (Lipinski definition) is 1. The van der Waals surface area contributed by atoms with E-state index in [-0.39, 0.29) is 5.91 Å². The Hall–Kier alpha value is -2.19. The van der Waals surface area contributed by atoms with Crippen molar-refractivity contribution in [2.24, 2.45) is 11.3 Å². The first-order valence-corrected chi connectivity index (χ1v) is 10.2. The molecule has 1 N–H and O–H groups in total. The van der Waals surface area contributed by atoms with E-state index in [1.165, 1.54) is 12.8 Å². The van der Waals surface area contributed by atoms with E-state index in [1.54, 1.807) is 18.4 Å². The molecule has 2 aliphatic heterocycles. The summed E-state index contributed by atoms with van der Waals surface area (Å²) in [4.78, 5) is 21.7. The second-order valence-corrected chi connectivity index (χ2v) is 8.56. The smallest absolute Gasteiger partial charge is 0.241 e. The fraction of sp³-hybridized carbons (Fsp3) is 0.650. The topological polar surface area (TPSA) is 95.8 Å². The van der Waals surface area contributed by atoms with Gasteiger partial charge in [0.2, 0.25) is 17.6 Å². The van der Waals surface area contributed by atoms with Crippen molar-refractivity contribution in [3.8, 4) is 11.6 Å². The zero-order chi connectivity index (χ0) is 19.1. The fourth-order valence-corrected chi connectivity index (χ4v) is 4.62. The third-order valence-electron chi connectivity index (χ3n) is 6.36. The summed E-state index contributed by atoms with van der Waals surface area (Å²) >= 11 is 0. The molecule has 1 unspecified atom stereocenters. The summed E-state index contributed by atoms with van der Waals surface area (Å²) < 4.78 is 10.7. The number of rotatable bonds is 5. The van der Waals surface area contributed by atoms with Crippen molar-refractivity contribution in [1.82, 2.24) is 19.9 Å². The molecular weight excluding hydrogens is 360 g/mol. The van der Waals surface area contributed by atoms with Gasteiger partial charge in [-0.1, -0.05) is 5.16 Å². The molecule has 28 heavy (non-hydrogen) atoms. The number of carbonyl (C=O) groups is 1. The van der Waals surface area contributed by atoms with Gasteiger partial charge in [0.15, 0.2) is 5.76 Å². The molecule has 5 rings (SSSR count). The minimum Gasteiger partial charge on any atom is -0.461 e. The van der Waals surface area contributed by atoms with Crippen molar-refractivity contribution in [2.75, 3.05) is 26.2 Å². The third kappa shape index (κ3) is 3.46. The number of carbonyl (C=O) groups excluding carboxylic acids is 1. The van der Waals surface area contributed by atoms with Gasteiger partial charge in [-0.3, -0.25) is 9.69 Å². The number of β-amino-alcohol motifs (C(OH)–C–C–N with tert-alkyl or cyclic N) is 1. The molecule has 0 bridgehead atoms. The van der Waals surface area contributed by atoms with Gasteiger partial charge in [0.05, 0.1) is 24.3 Å². The second-order valence-electron chi connectivity index (χ2n) is 8.56. The summed E-state index contributed by atoms with van der Waals surface area (Å²) in [5.74, 6) is 2.49. The van der Waals surface area contributed by atoms with Gasteiger partial charge in [-0.2, -0.15) is 4.98 Å². The molecule has 2 aromatic rings. The van der Waals surface area contributed by atoms with Crippen LogP contribution in [0.5, 0.6) is 0 Å². The maximum absolute atomic E-state index is 13.2. The molecule has 8 heteroatoms. The number of aliphatic hydroxyl groups excluding tert-OH is 1. The van der Waals surface area contributed by atoms with Crippen molar-refractivity contribution in [2.45, 2.75) is 44.8 Å². The van der Waals surface area contributed by atoms with E-state index in [2.05, 4.69) is 15.0 Å². The van der Waals surface area contributed by atoms with Gasteiger partial charge in [-0.15, -0.1) is 0 Å². The van der Waals surface area contributed by atoms with Crippen LogP contribution in [-0.4, -0.2) is 63.2 Å². The first-order valence-electron chi connectivity index (χ1n) is 10.2. The van der Waals surface area contributed by atoms with Crippen LogP contribution < -0.4 is 0 Å². The predicted octanol–water partition coefficient (Wildman–Crippen LogP) is 1.91. The average molecular weight is 386 g/mol. The second kappa shape index (κ2) is 7.00. The molecule has 2 saturated heterocycles. The van der Waals surface area contributed by atoms with Crippen LogP contribution in [0.25, 0.3) is 11.6 Å². The predicted molar refractivity (Wildman–Crippen MR) is 98.9 cm³/mol. The monoisotopic (exact) mass is 386 g/mol. The number of aliphatic hydroxyl groups is 1. The largest absolute Gasteiger partial charge is 0.461 e. The number of nitrogens with zero attached hydrogens (tertiary/aromatic N) is 4. The Morgan fingerprint density at radius 2 is 2.11 bits per heavy atom. The Kier molecular flexibility index (Phi) is 4.47. The summed E-state index contributed by atoms with van der Waals surface area (Å²) in [7, 11) is 0. The van der Waals surface area contributed by atoms with Crippen LogP contribution >= 0.6 is 0 Å². The highest BCUT2D eigenvalue weighted by atomic mass is 16.5. The molecule has 2 aromatic heterocycles. The summed E-state index contributed by atoms with van der Waals surface area (Å²) in [5, 5.41) is 14.4. The van der Waals surface area contributed by atoms with E-state index in [4.69, 9.17) is 8.94 Å². The molecule has 0 aromatic carbocycles. The Bertz CT molecular complexity index is 819. The first-order chi connectivity index (χ1) is 13.6. The number of hydrogen-bond acceptors (Lipinski definition) is 7. The summed E-state index contributed by atoms with van der Waals surface area (Å²) in [6.07, 6.45) is 5.72. The minimum absolute atomic E-state index is 0.252. The number of piperidine rings is 2. The lowest BCUT2D eigenvalue weighted by atomic mass is 9.71. The van der Waals surface area contributed by atoms with E-state index >= 15 is 0 Å². The molecule has 0 radical (unpaired) electrons. The highest BCUT2D eigenvalue weighted by Gasteiger charge is 2.49. The molecule has 3 aliphatic rings. The van der Waals surface area contributed by atoms with Crippen LogP contribution in [-0.2, 0) is 11.3 Å². The molecular formula is C20H26N4O4. The summed E-state index contributed by atoms with van der Waals surface area (Å²) in [5.41, 5.74) is -0.406. The van der Waals surface area contributed by atoms with Crippen LogP contribution in [0.4, 0.5) is 0 Å². The Morgan fingerprint density at radius 3 is 2.82 bits per heavy atom. The van der Waals surface area contributed by atoms with E-state index in [9.17, 15) is 9.90 Å². The SMILES string of the molecule is O=C1N(CC2CC2)CC(O)CC12CCN(Cc1nc(-c3ccco3)no1)CC2. The normalized spacial score (nSPS) is 25.5. The van der Waals surface area contributed by atoms with Crippen molar-refractivity contribution in [1.29, 1.82) is 0 Å². The number of furan rings is 1. The van der Waals surface area contributed by atoms with Crippen molar-refractivity contribution < 1.29 is 18.8 Å². The quantitative estimate of drug-likeness (QED) is 0.838. The van der Waals surface area contributed by atoms with E-state index in [0.717, 1.165) is 32.5 Å². The Morgan fingerprint density at radius 1 is 1.29 bits per heavy atom. The fourth-order valence-electron chi connectivity index (χ4n) is 4.62. The van der Waals surface area contributed by atoms with Gasteiger partial charge >= 0.3 is 0 Å². The lowest BCUT2D eigenvalue weighted by Crippen LogP contribution is -2.57. The molecule has 1 amide bonds. The van der Waals surface area contributed by atoms with Crippen LogP contribution in [0, 0.1) is 11.3 Å². The van der Waals surface area contributed by atoms with Crippen molar-refractivity contribution >= 4 is 5.91 Å². The van der Waals surface area contributed by atoms with Gasteiger partial charge in [-0.05, 0) is 63.2 Å². The summed E-state index contributed by atoms with van der Waals surface area (Å²) in [6.45, 7) is 3.45. The highest BCUT2D eigenvalue weighted by Crippen LogP contribution is 2.42. The molecule has 3 fully saturated rings. The molecule has 4 heterocycles. The molecule has 1 atom stereocenters. The third-order valence-corrected chi connectivity index (χ3v) is 6.36. The van der Waals surface area contributed by atoms with Crippen LogP contribution in [0.1, 0.15) is 38.0 Å². The zero-order valence-electron chi connectivity index (χ0n) is 15.9. The molecule has 150 valence electrons. The molecule has 1 aliphatic carbocycles. The number of likely N-dealkylation sites (tertiary alicyclic amines) is 2. The summed E-state index contributed by atoms with van der Waals surface area (Å²) in [6, 6.07) is 3.59. The maximum Gasteiger partial charge on any atom is 0.241 e. The van der Waals surface area contributed by atoms with Gasteiger partial charge in [0.25, 0.3) is 0 Å². The average Bonchev–Trinajstić information content (AvgIpc) is 3.15. The van der Waals surface area contributed by atoms with Crippen molar-refractivity contribution in [3.63, 3.8) is 0 Å². The van der Waals surface area contributed by atoms with Gasteiger partial charge < -0.3 is 18.9 Å². The first kappa shape index (κ1) is 17.9. The van der Waals surface area contributed by atoms with Crippen LogP contribution in [0.3, 0.4) is 0 Å². The number of aromatic nitrogens is 2. The molecule has 8 nitrogen and oxygen atoms in total. The highest BCUT2D eigenvalue weighted by molar-refractivity contribution is 5.84. The molecule has 1 spiro atoms. The standard InChI is InChI=1S/C20H26N4O4/c25-15-10-20(19(26)24(12-15)11-14-3-4-14)5-7-23(8-6-20)13-17-21-18(22-28-17)16-2-1-9-27-16/h1-2,9,14-15,25H,3-8,10-13H2. The minimum atomic E-state index is -0.408. The Balaban J connectivity index is 1.21. The lowest BCUT2D eigenvalue weighted by Gasteiger charge is -2.47. The van der Waals surface area contributed by atoms with E-state index in [0.29, 0.717) is 42.9 Å². The van der Waals surface area contributed by atoms with Gasteiger partial charge in [0, 0.05) is 13.1 Å². The molecule has 1 saturated carbocycles. The van der Waals surface area contributed by atoms with E-state index in [1.807, 2.05) is 4.90 Å². The van der Waals surface area contributed by atoms with Gasteiger partial charge in [-0.25, -0.2) is 0 Å². The van der Waals surface area contributed by atoms with Gasteiger partial charge in [0.1, 0.15) is 0 Å². The van der Waals surface area contributed by atoms with Crippen LogP contribution in [0.2, 0.25) is 0 Å². The van der Waals surface area contributed by atoms with Crippen molar-refractivity contribution in [3.05, 3.63) is 24.3 Å². The zero-order valence-corrected chi connectivity index (χ0v) is 15.9. The van der Waals surface area contributed by atoms with E-state index < -0.39 is 11.5 Å². The van der Waals surface area contributed by atoms with Crippen LogP contribution in [0.15, 0.2) is 27.3 Å².